The van der Waals surface area contributed by atoms with Crippen molar-refractivity contribution in [3.05, 3.63) is 107 Å². The topological polar surface area (TPSA) is 0 Å². The first kappa shape index (κ1) is 29.1. The third kappa shape index (κ3) is 8.78. The SMILES string of the molecule is CC1=[C-]C(C)C(C)=C1.CC1=[C-]C(C)C(C)=C1.Cl[Si](Cl)(c1ccccc1)c1ccccc1.[Hf]. The zero-order valence-electron chi connectivity index (χ0n) is 19.8. The fraction of sp³-hybridized carbons (Fsp3) is 0.286. The number of hydrogen-bond donors (Lipinski definition) is 0. The van der Waals surface area contributed by atoms with Gasteiger partial charge in [0.25, 0.3) is 0 Å². The molecule has 0 nitrogen and oxygen atoms in total. The van der Waals surface area contributed by atoms with Gasteiger partial charge in [0.2, 0.25) is 0 Å². The minimum absolute atomic E-state index is 0. The van der Waals surface area contributed by atoms with Crippen LogP contribution in [-0.4, -0.2) is 6.69 Å². The number of halogens is 2. The molecule has 0 saturated carbocycles. The minimum Gasteiger partial charge on any atom is -0.266 e. The smallest absolute Gasteiger partial charge is 0.266 e. The quantitative estimate of drug-likeness (QED) is 0.182. The first-order valence-electron chi connectivity index (χ1n) is 10.7. The number of rotatable bonds is 2. The van der Waals surface area contributed by atoms with Crippen molar-refractivity contribution in [1.82, 2.24) is 0 Å². The Balaban J connectivity index is 0.000000257. The summed E-state index contributed by atoms with van der Waals surface area (Å²) >= 11 is 13.0. The molecule has 0 bridgehead atoms. The van der Waals surface area contributed by atoms with Gasteiger partial charge in [-0.05, 0) is 10.4 Å². The van der Waals surface area contributed by atoms with Gasteiger partial charge in [-0.3, -0.25) is 12.2 Å². The van der Waals surface area contributed by atoms with Crippen LogP contribution in [0.2, 0.25) is 0 Å². The Morgan fingerprint density at radius 3 is 1.12 bits per heavy atom. The number of allylic oxidation sites excluding steroid dienone is 8. The Hall–Kier alpha value is -0.933. The number of benzene rings is 2. The second-order valence-corrected chi connectivity index (χ2v) is 14.5. The summed E-state index contributed by atoms with van der Waals surface area (Å²) in [5, 5.41) is 2.05. The second-order valence-electron chi connectivity index (χ2n) is 8.18. The third-order valence-corrected chi connectivity index (χ3v) is 10.2. The van der Waals surface area contributed by atoms with Crippen molar-refractivity contribution in [2.24, 2.45) is 11.8 Å². The van der Waals surface area contributed by atoms with Crippen LogP contribution in [0.3, 0.4) is 0 Å². The Morgan fingerprint density at radius 2 is 0.938 bits per heavy atom. The van der Waals surface area contributed by atoms with E-state index in [9.17, 15) is 0 Å². The van der Waals surface area contributed by atoms with Crippen LogP contribution in [0.25, 0.3) is 0 Å². The maximum atomic E-state index is 6.49. The maximum absolute atomic E-state index is 6.49. The van der Waals surface area contributed by atoms with E-state index in [1.165, 1.54) is 22.3 Å². The van der Waals surface area contributed by atoms with Gasteiger partial charge in [0.1, 0.15) is 0 Å². The molecule has 2 aliphatic carbocycles. The summed E-state index contributed by atoms with van der Waals surface area (Å²) in [6, 6.07) is 19.7. The monoisotopic (exact) mass is 646 g/mol. The van der Waals surface area contributed by atoms with Crippen LogP contribution >= 0.6 is 22.2 Å². The van der Waals surface area contributed by atoms with Gasteiger partial charge < -0.3 is 0 Å². The van der Waals surface area contributed by atoms with Gasteiger partial charge in [-0.1, -0.05) is 114 Å². The summed E-state index contributed by atoms with van der Waals surface area (Å²) in [5.74, 6) is 1.13. The molecule has 2 aliphatic rings. The van der Waals surface area contributed by atoms with Crippen LogP contribution in [0, 0.1) is 24.0 Å². The molecular formula is C28H32Cl2HfSi-2. The van der Waals surface area contributed by atoms with Gasteiger partial charge in [-0.2, -0.15) is 11.1 Å². The van der Waals surface area contributed by atoms with E-state index in [1.807, 2.05) is 60.7 Å². The van der Waals surface area contributed by atoms with Gasteiger partial charge in [-0.25, -0.2) is 23.3 Å². The molecule has 168 valence electrons. The Morgan fingerprint density at radius 1 is 0.625 bits per heavy atom. The zero-order chi connectivity index (χ0) is 23.0. The molecule has 4 rings (SSSR count). The Labute approximate surface area is 224 Å². The molecule has 0 spiro atoms. The molecule has 0 radical (unpaired) electrons. The fourth-order valence-corrected chi connectivity index (χ4v) is 6.46. The Bertz CT molecular complexity index is 894. The minimum atomic E-state index is -2.51. The molecule has 0 aromatic heterocycles. The van der Waals surface area contributed by atoms with Crippen LogP contribution in [0.1, 0.15) is 41.5 Å². The first-order chi connectivity index (χ1) is 14.6. The van der Waals surface area contributed by atoms with Gasteiger partial charge in [0, 0.05) is 25.8 Å². The summed E-state index contributed by atoms with van der Waals surface area (Å²) in [6.07, 6.45) is 11.0. The average molecular weight is 646 g/mol. The van der Waals surface area contributed by atoms with Crippen LogP contribution < -0.4 is 10.4 Å². The van der Waals surface area contributed by atoms with Crippen molar-refractivity contribution >= 4 is 39.2 Å². The molecule has 2 aromatic rings. The molecule has 0 N–H and O–H groups in total. The van der Waals surface area contributed by atoms with Crippen molar-refractivity contribution in [1.29, 1.82) is 0 Å². The van der Waals surface area contributed by atoms with Crippen molar-refractivity contribution in [3.63, 3.8) is 0 Å². The standard InChI is InChI=1S/C12H10Cl2Si.2C8H11.Hf/c13-15(14,11-7-3-1-4-8-11)12-9-5-2-6-10-12;2*1-6-4-7(2)8(3)5-6;/h1-10H;2*4,8H,1-3H3;/q;2*-1;. The van der Waals surface area contributed by atoms with Crippen LogP contribution in [-0.2, 0) is 25.8 Å². The third-order valence-electron chi connectivity index (χ3n) is 5.42. The molecule has 32 heavy (non-hydrogen) atoms. The predicted molar refractivity (Wildman–Crippen MR) is 140 cm³/mol. The predicted octanol–water partition coefficient (Wildman–Crippen LogP) is 7.38. The van der Waals surface area contributed by atoms with Crippen molar-refractivity contribution in [3.8, 4) is 0 Å². The van der Waals surface area contributed by atoms with Gasteiger partial charge >= 0.3 is 6.69 Å². The van der Waals surface area contributed by atoms with Gasteiger partial charge in [0.15, 0.2) is 0 Å². The van der Waals surface area contributed by atoms with Crippen molar-refractivity contribution in [2.45, 2.75) is 41.5 Å². The van der Waals surface area contributed by atoms with Crippen LogP contribution in [0.4, 0.5) is 0 Å². The molecule has 2 atom stereocenters. The molecule has 0 saturated heterocycles. The fourth-order valence-electron chi connectivity index (χ4n) is 3.39. The van der Waals surface area contributed by atoms with E-state index in [0.29, 0.717) is 11.8 Å². The molecule has 2 unspecified atom stereocenters. The van der Waals surface area contributed by atoms with E-state index in [2.05, 4.69) is 65.8 Å². The molecule has 0 heterocycles. The van der Waals surface area contributed by atoms with Crippen LogP contribution in [0.15, 0.2) is 95.1 Å². The average Bonchev–Trinajstić information content (AvgIpc) is 3.21. The van der Waals surface area contributed by atoms with Crippen molar-refractivity contribution in [2.75, 3.05) is 0 Å². The normalized spacial score (nSPS) is 19.1. The second kappa shape index (κ2) is 13.7. The molecule has 4 heteroatoms. The summed E-state index contributed by atoms with van der Waals surface area (Å²) in [6.45, 7) is 10.3. The molecule has 0 fully saturated rings. The largest absolute Gasteiger partial charge is 0.310 e. The maximum Gasteiger partial charge on any atom is 0.310 e. The van der Waals surface area contributed by atoms with E-state index in [-0.39, 0.29) is 25.8 Å². The number of hydrogen-bond acceptors (Lipinski definition) is 0. The first-order valence-corrected chi connectivity index (χ1v) is 14.7. The van der Waals surface area contributed by atoms with E-state index >= 15 is 0 Å². The summed E-state index contributed by atoms with van der Waals surface area (Å²) in [4.78, 5) is 0. The summed E-state index contributed by atoms with van der Waals surface area (Å²) in [5.41, 5.74) is 5.44. The molecule has 2 aromatic carbocycles. The van der Waals surface area contributed by atoms with Crippen LogP contribution in [0.5, 0.6) is 0 Å². The molecule has 0 aliphatic heterocycles. The van der Waals surface area contributed by atoms with Crippen molar-refractivity contribution < 1.29 is 25.8 Å². The van der Waals surface area contributed by atoms with E-state index in [4.69, 9.17) is 22.2 Å². The molecule has 0 amide bonds. The summed E-state index contributed by atoms with van der Waals surface area (Å²) < 4.78 is 0. The van der Waals surface area contributed by atoms with E-state index in [1.54, 1.807) is 0 Å². The van der Waals surface area contributed by atoms with Gasteiger partial charge in [0.05, 0.1) is 0 Å². The Kier molecular flexibility index (Phi) is 12.5. The van der Waals surface area contributed by atoms with E-state index in [0.717, 1.165) is 10.4 Å². The van der Waals surface area contributed by atoms with Gasteiger partial charge in [-0.15, -0.1) is 22.2 Å². The summed E-state index contributed by atoms with van der Waals surface area (Å²) in [7, 11) is 0. The van der Waals surface area contributed by atoms with E-state index < -0.39 is 6.69 Å². The molecular weight excluding hydrogens is 614 g/mol. The zero-order valence-corrected chi connectivity index (χ0v) is 25.9.